The Bertz CT molecular complexity index is 281. The summed E-state index contributed by atoms with van der Waals surface area (Å²) < 4.78 is 0. The first-order valence-electron chi connectivity index (χ1n) is 6.77. The van der Waals surface area contributed by atoms with E-state index in [0.717, 1.165) is 11.6 Å². The van der Waals surface area contributed by atoms with Gasteiger partial charge in [0, 0.05) is 5.02 Å². The third kappa shape index (κ3) is 7.40. The monoisotopic (exact) mass is 253 g/mol. The summed E-state index contributed by atoms with van der Waals surface area (Å²) in [6.45, 7) is 0.844. The second-order valence-corrected chi connectivity index (χ2v) is 5.08. The minimum atomic E-state index is 0.827. The quantitative estimate of drug-likeness (QED) is 0.641. The zero-order chi connectivity index (χ0) is 12.3. The first-order chi connectivity index (χ1) is 8.33. The second kappa shape index (κ2) is 9.49. The van der Waals surface area contributed by atoms with E-state index in [4.69, 9.17) is 17.3 Å². The molecular weight excluding hydrogens is 230 g/mol. The number of benzene rings is 1. The third-order valence-electron chi connectivity index (χ3n) is 3.08. The summed E-state index contributed by atoms with van der Waals surface area (Å²) in [6.07, 6.45) is 10.4. The van der Waals surface area contributed by atoms with Crippen LogP contribution in [0.5, 0.6) is 0 Å². The third-order valence-corrected chi connectivity index (χ3v) is 3.33. The lowest BCUT2D eigenvalue weighted by Crippen LogP contribution is -1.97. The van der Waals surface area contributed by atoms with Gasteiger partial charge in [-0.25, -0.2) is 0 Å². The molecule has 0 spiro atoms. The van der Waals surface area contributed by atoms with Crippen LogP contribution >= 0.6 is 11.6 Å². The standard InChI is InChI=1S/C15H24ClN/c16-15-11-9-14(10-12-15)8-6-4-2-1-3-5-7-13-17/h9-12H,1-8,13,17H2. The molecule has 0 heterocycles. The van der Waals surface area contributed by atoms with E-state index < -0.39 is 0 Å². The number of halogens is 1. The molecule has 0 saturated carbocycles. The van der Waals surface area contributed by atoms with Crippen LogP contribution in [0.4, 0.5) is 0 Å². The summed E-state index contributed by atoms with van der Waals surface area (Å²) in [5.74, 6) is 0. The normalized spacial score (nSPS) is 10.7. The van der Waals surface area contributed by atoms with E-state index in [0.29, 0.717) is 0 Å². The van der Waals surface area contributed by atoms with Crippen molar-refractivity contribution in [3.63, 3.8) is 0 Å². The van der Waals surface area contributed by atoms with Gasteiger partial charge in [-0.05, 0) is 43.5 Å². The Labute approximate surface area is 110 Å². The largest absolute Gasteiger partial charge is 0.330 e. The first kappa shape index (κ1) is 14.5. The lowest BCUT2D eigenvalue weighted by molar-refractivity contribution is 0.582. The second-order valence-electron chi connectivity index (χ2n) is 4.64. The van der Waals surface area contributed by atoms with Crippen molar-refractivity contribution in [2.75, 3.05) is 6.54 Å². The number of rotatable bonds is 9. The van der Waals surface area contributed by atoms with Crippen LogP contribution in [0.15, 0.2) is 24.3 Å². The highest BCUT2D eigenvalue weighted by Gasteiger charge is 1.94. The van der Waals surface area contributed by atoms with Crippen molar-refractivity contribution >= 4 is 11.6 Å². The van der Waals surface area contributed by atoms with E-state index in [1.807, 2.05) is 12.1 Å². The number of nitrogens with two attached hydrogens (primary N) is 1. The lowest BCUT2D eigenvalue weighted by Gasteiger charge is -2.02. The highest BCUT2D eigenvalue weighted by Crippen LogP contribution is 2.13. The Balaban J connectivity index is 1.95. The zero-order valence-electron chi connectivity index (χ0n) is 10.6. The van der Waals surface area contributed by atoms with E-state index >= 15 is 0 Å². The molecule has 1 nitrogen and oxygen atoms in total. The van der Waals surface area contributed by atoms with Gasteiger partial charge in [0.2, 0.25) is 0 Å². The van der Waals surface area contributed by atoms with Crippen LogP contribution in [0.1, 0.15) is 50.5 Å². The average molecular weight is 254 g/mol. The predicted octanol–water partition coefficient (Wildman–Crippen LogP) is 4.57. The fourth-order valence-electron chi connectivity index (χ4n) is 2.01. The topological polar surface area (TPSA) is 26.0 Å². The molecule has 2 N–H and O–H groups in total. The molecule has 0 saturated heterocycles. The van der Waals surface area contributed by atoms with E-state index in [-0.39, 0.29) is 0 Å². The van der Waals surface area contributed by atoms with Gasteiger partial charge >= 0.3 is 0 Å². The molecule has 1 rings (SSSR count). The maximum Gasteiger partial charge on any atom is 0.0406 e. The van der Waals surface area contributed by atoms with Gasteiger partial charge in [-0.15, -0.1) is 0 Å². The number of hydrogen-bond donors (Lipinski definition) is 1. The Hall–Kier alpha value is -0.530. The Morgan fingerprint density at radius 2 is 1.29 bits per heavy atom. The molecule has 2 heteroatoms. The molecule has 0 amide bonds. The molecule has 0 bridgehead atoms. The molecule has 0 aliphatic carbocycles. The van der Waals surface area contributed by atoms with E-state index in [1.54, 1.807) is 0 Å². The Morgan fingerprint density at radius 1 is 0.765 bits per heavy atom. The molecular formula is C15H24ClN. The van der Waals surface area contributed by atoms with Crippen molar-refractivity contribution in [2.24, 2.45) is 5.73 Å². The molecule has 0 aliphatic heterocycles. The number of aryl methyl sites for hydroxylation is 1. The van der Waals surface area contributed by atoms with Crippen LogP contribution in [0.3, 0.4) is 0 Å². The maximum atomic E-state index is 5.85. The summed E-state index contributed by atoms with van der Waals surface area (Å²) in [7, 11) is 0. The highest BCUT2D eigenvalue weighted by molar-refractivity contribution is 6.30. The minimum Gasteiger partial charge on any atom is -0.330 e. The SMILES string of the molecule is NCCCCCCCCCc1ccc(Cl)cc1. The van der Waals surface area contributed by atoms with Crippen molar-refractivity contribution < 1.29 is 0 Å². The Kier molecular flexibility index (Phi) is 8.12. The van der Waals surface area contributed by atoms with Crippen molar-refractivity contribution in [3.8, 4) is 0 Å². The summed E-state index contributed by atoms with van der Waals surface area (Å²) in [4.78, 5) is 0. The van der Waals surface area contributed by atoms with Crippen LogP contribution in [-0.4, -0.2) is 6.54 Å². The molecule has 0 unspecified atom stereocenters. The van der Waals surface area contributed by atoms with Crippen LogP contribution in [0.2, 0.25) is 5.02 Å². The fourth-order valence-corrected chi connectivity index (χ4v) is 2.13. The summed E-state index contributed by atoms with van der Waals surface area (Å²) in [6, 6.07) is 8.21. The van der Waals surface area contributed by atoms with Crippen molar-refractivity contribution in [2.45, 2.75) is 51.4 Å². The zero-order valence-corrected chi connectivity index (χ0v) is 11.4. The highest BCUT2D eigenvalue weighted by atomic mass is 35.5. The van der Waals surface area contributed by atoms with Crippen LogP contribution < -0.4 is 5.73 Å². The van der Waals surface area contributed by atoms with Gasteiger partial charge in [0.25, 0.3) is 0 Å². The van der Waals surface area contributed by atoms with Crippen molar-refractivity contribution in [3.05, 3.63) is 34.9 Å². The van der Waals surface area contributed by atoms with Gasteiger partial charge in [-0.1, -0.05) is 55.8 Å². The van der Waals surface area contributed by atoms with Crippen LogP contribution in [0, 0.1) is 0 Å². The molecule has 96 valence electrons. The number of hydrogen-bond acceptors (Lipinski definition) is 1. The van der Waals surface area contributed by atoms with Gasteiger partial charge in [-0.2, -0.15) is 0 Å². The Morgan fingerprint density at radius 3 is 1.88 bits per heavy atom. The van der Waals surface area contributed by atoms with Crippen LogP contribution in [-0.2, 0) is 6.42 Å². The van der Waals surface area contributed by atoms with E-state index in [1.165, 1.54) is 56.9 Å². The molecule has 1 aromatic carbocycles. The molecule has 0 aliphatic rings. The van der Waals surface area contributed by atoms with Gasteiger partial charge in [0.15, 0.2) is 0 Å². The summed E-state index contributed by atoms with van der Waals surface area (Å²) >= 11 is 5.85. The van der Waals surface area contributed by atoms with E-state index in [9.17, 15) is 0 Å². The molecule has 1 aromatic rings. The predicted molar refractivity (Wildman–Crippen MR) is 76.5 cm³/mol. The van der Waals surface area contributed by atoms with Gasteiger partial charge in [-0.3, -0.25) is 0 Å². The van der Waals surface area contributed by atoms with Crippen molar-refractivity contribution in [1.82, 2.24) is 0 Å². The van der Waals surface area contributed by atoms with E-state index in [2.05, 4.69) is 12.1 Å². The van der Waals surface area contributed by atoms with Gasteiger partial charge in [0.1, 0.15) is 0 Å². The van der Waals surface area contributed by atoms with Gasteiger partial charge < -0.3 is 5.73 Å². The summed E-state index contributed by atoms with van der Waals surface area (Å²) in [5, 5.41) is 0.827. The minimum absolute atomic E-state index is 0.827. The smallest absolute Gasteiger partial charge is 0.0406 e. The molecule has 0 radical (unpaired) electrons. The fraction of sp³-hybridized carbons (Fsp3) is 0.600. The average Bonchev–Trinajstić information content (AvgIpc) is 2.35. The number of unbranched alkanes of at least 4 members (excludes halogenated alkanes) is 6. The first-order valence-corrected chi connectivity index (χ1v) is 7.15. The molecule has 17 heavy (non-hydrogen) atoms. The molecule has 0 fully saturated rings. The molecule has 0 aromatic heterocycles. The van der Waals surface area contributed by atoms with Gasteiger partial charge in [0.05, 0.1) is 0 Å². The maximum absolute atomic E-state index is 5.85. The lowest BCUT2D eigenvalue weighted by atomic mass is 10.0. The van der Waals surface area contributed by atoms with Crippen molar-refractivity contribution in [1.29, 1.82) is 0 Å². The summed E-state index contributed by atoms with van der Waals surface area (Å²) in [5.41, 5.74) is 6.86. The molecule has 0 atom stereocenters. The van der Waals surface area contributed by atoms with Crippen LogP contribution in [0.25, 0.3) is 0 Å².